The number of hydrogen-bond donors (Lipinski definition) is 2. The van der Waals surface area contributed by atoms with Crippen molar-refractivity contribution in [2.24, 2.45) is 5.92 Å². The first-order valence-electron chi connectivity index (χ1n) is 7.13. The summed E-state index contributed by atoms with van der Waals surface area (Å²) in [6, 6.07) is 2.49. The lowest BCUT2D eigenvalue weighted by molar-refractivity contribution is 0.0952. The number of halogens is 3. The zero-order valence-corrected chi connectivity index (χ0v) is 14.1. The van der Waals surface area contributed by atoms with Crippen LogP contribution in [0.25, 0.3) is 11.0 Å². The van der Waals surface area contributed by atoms with Crippen molar-refractivity contribution in [3.63, 3.8) is 0 Å². The number of benzene rings is 1. The van der Waals surface area contributed by atoms with E-state index in [-0.39, 0.29) is 36.3 Å². The average molecular weight is 361 g/mol. The van der Waals surface area contributed by atoms with Crippen LogP contribution in [-0.2, 0) is 0 Å². The van der Waals surface area contributed by atoms with E-state index < -0.39 is 5.82 Å². The largest absolute Gasteiger partial charge is 0.352 e. The molecular formula is C15H19Cl2FN4O. The predicted molar refractivity (Wildman–Crippen MR) is 91.9 cm³/mol. The maximum Gasteiger partial charge on any atom is 0.253 e. The Morgan fingerprint density at radius 3 is 2.83 bits per heavy atom. The number of carbonyl (C=O) groups is 1. The van der Waals surface area contributed by atoms with Crippen molar-refractivity contribution in [2.75, 3.05) is 19.6 Å². The molecule has 1 aromatic heterocycles. The number of carbonyl (C=O) groups excluding carboxylic acids is 1. The maximum atomic E-state index is 13.6. The first-order chi connectivity index (χ1) is 10.2. The highest BCUT2D eigenvalue weighted by atomic mass is 35.5. The molecule has 5 nitrogen and oxygen atoms in total. The minimum Gasteiger partial charge on any atom is -0.352 e. The van der Waals surface area contributed by atoms with Crippen LogP contribution in [0, 0.1) is 11.7 Å². The van der Waals surface area contributed by atoms with Crippen LogP contribution >= 0.6 is 24.8 Å². The zero-order chi connectivity index (χ0) is 14.7. The second-order valence-electron chi connectivity index (χ2n) is 5.28. The van der Waals surface area contributed by atoms with Gasteiger partial charge in [0.25, 0.3) is 5.91 Å². The summed E-state index contributed by atoms with van der Waals surface area (Å²) in [5.41, 5.74) is 1.06. The Hall–Kier alpha value is -1.50. The summed E-state index contributed by atoms with van der Waals surface area (Å²) in [7, 11) is 0. The van der Waals surface area contributed by atoms with Crippen molar-refractivity contribution in [1.29, 1.82) is 0 Å². The van der Waals surface area contributed by atoms with E-state index in [4.69, 9.17) is 0 Å². The lowest BCUT2D eigenvalue weighted by Crippen LogP contribution is -2.27. The molecule has 2 aromatic rings. The minimum atomic E-state index is -0.479. The molecule has 2 heterocycles. The molecule has 126 valence electrons. The third-order valence-corrected chi connectivity index (χ3v) is 3.78. The SMILES string of the molecule is Cl.Cl.O=C(NCCC1CCNC1)c1cc(F)cc2nccnc12. The fourth-order valence-electron chi connectivity index (χ4n) is 2.66. The van der Waals surface area contributed by atoms with E-state index in [0.717, 1.165) is 25.9 Å². The monoisotopic (exact) mass is 360 g/mol. The molecule has 1 aliphatic rings. The van der Waals surface area contributed by atoms with Crippen molar-refractivity contribution in [3.05, 3.63) is 35.9 Å². The molecule has 2 N–H and O–H groups in total. The summed E-state index contributed by atoms with van der Waals surface area (Å²) < 4.78 is 13.6. The Morgan fingerprint density at radius 1 is 1.30 bits per heavy atom. The summed E-state index contributed by atoms with van der Waals surface area (Å²) in [4.78, 5) is 20.4. The second-order valence-corrected chi connectivity index (χ2v) is 5.28. The fourth-order valence-corrected chi connectivity index (χ4v) is 2.66. The van der Waals surface area contributed by atoms with Crippen LogP contribution in [0.5, 0.6) is 0 Å². The molecule has 1 fully saturated rings. The molecule has 0 bridgehead atoms. The Morgan fingerprint density at radius 2 is 2.09 bits per heavy atom. The molecule has 1 amide bonds. The standard InChI is InChI=1S/C15H17FN4O.2ClH/c16-11-7-12(14-13(8-11)18-5-6-19-14)15(21)20-4-2-10-1-3-17-9-10;;/h5-8,10,17H,1-4,9H2,(H,20,21);2*1H. The van der Waals surface area contributed by atoms with Crippen molar-refractivity contribution in [3.8, 4) is 0 Å². The van der Waals surface area contributed by atoms with E-state index in [0.29, 0.717) is 23.5 Å². The Bertz CT molecular complexity index is 665. The Labute approximate surface area is 146 Å². The number of nitrogens with one attached hydrogen (secondary N) is 2. The summed E-state index contributed by atoms with van der Waals surface area (Å²) in [5.74, 6) is -0.173. The summed E-state index contributed by atoms with van der Waals surface area (Å²) in [6.07, 6.45) is 5.06. The number of rotatable bonds is 4. The van der Waals surface area contributed by atoms with Crippen LogP contribution in [-0.4, -0.2) is 35.5 Å². The van der Waals surface area contributed by atoms with Crippen molar-refractivity contribution < 1.29 is 9.18 Å². The van der Waals surface area contributed by atoms with Gasteiger partial charge in [-0.05, 0) is 37.9 Å². The minimum absolute atomic E-state index is 0. The quantitative estimate of drug-likeness (QED) is 0.877. The number of amides is 1. The van der Waals surface area contributed by atoms with Crippen LogP contribution < -0.4 is 10.6 Å². The van der Waals surface area contributed by atoms with Gasteiger partial charge in [0, 0.05) is 25.0 Å². The molecule has 0 aliphatic carbocycles. The smallest absolute Gasteiger partial charge is 0.253 e. The number of nitrogens with zero attached hydrogens (tertiary/aromatic N) is 2. The first-order valence-corrected chi connectivity index (χ1v) is 7.13. The highest BCUT2D eigenvalue weighted by molar-refractivity contribution is 6.04. The van der Waals surface area contributed by atoms with Crippen LogP contribution in [0.1, 0.15) is 23.2 Å². The van der Waals surface area contributed by atoms with Crippen LogP contribution in [0.15, 0.2) is 24.5 Å². The molecule has 0 spiro atoms. The van der Waals surface area contributed by atoms with E-state index in [1.807, 2.05) is 0 Å². The molecule has 0 radical (unpaired) electrons. The van der Waals surface area contributed by atoms with E-state index in [2.05, 4.69) is 20.6 Å². The molecule has 23 heavy (non-hydrogen) atoms. The van der Waals surface area contributed by atoms with E-state index in [1.54, 1.807) is 0 Å². The van der Waals surface area contributed by atoms with Gasteiger partial charge in [0.1, 0.15) is 11.3 Å². The van der Waals surface area contributed by atoms with Gasteiger partial charge in [0.15, 0.2) is 0 Å². The summed E-state index contributed by atoms with van der Waals surface area (Å²) in [6.45, 7) is 2.64. The average Bonchev–Trinajstić information content (AvgIpc) is 2.99. The van der Waals surface area contributed by atoms with Crippen LogP contribution in [0.3, 0.4) is 0 Å². The number of aromatic nitrogens is 2. The predicted octanol–water partition coefficient (Wildman–Crippen LogP) is 2.34. The zero-order valence-electron chi connectivity index (χ0n) is 12.4. The third-order valence-electron chi connectivity index (χ3n) is 3.78. The van der Waals surface area contributed by atoms with Gasteiger partial charge in [0.05, 0.1) is 11.1 Å². The van der Waals surface area contributed by atoms with Gasteiger partial charge >= 0.3 is 0 Å². The lowest BCUT2D eigenvalue weighted by Gasteiger charge is -2.10. The van der Waals surface area contributed by atoms with Crippen molar-refractivity contribution in [2.45, 2.75) is 12.8 Å². The fraction of sp³-hybridized carbons (Fsp3) is 0.400. The number of hydrogen-bond acceptors (Lipinski definition) is 4. The Kier molecular flexibility index (Phi) is 7.61. The number of fused-ring (bicyclic) bond motifs is 1. The van der Waals surface area contributed by atoms with Gasteiger partial charge in [0.2, 0.25) is 0 Å². The second kappa shape index (κ2) is 8.96. The highest BCUT2D eigenvalue weighted by Gasteiger charge is 2.16. The molecule has 1 saturated heterocycles. The van der Waals surface area contributed by atoms with Crippen LogP contribution in [0.2, 0.25) is 0 Å². The molecule has 0 saturated carbocycles. The molecule has 3 rings (SSSR count). The molecule has 1 unspecified atom stereocenters. The molecular weight excluding hydrogens is 342 g/mol. The normalized spacial score (nSPS) is 16.5. The van der Waals surface area contributed by atoms with Gasteiger partial charge < -0.3 is 10.6 Å². The van der Waals surface area contributed by atoms with Crippen molar-refractivity contribution in [1.82, 2.24) is 20.6 Å². The van der Waals surface area contributed by atoms with Gasteiger partial charge in [-0.3, -0.25) is 14.8 Å². The summed E-state index contributed by atoms with van der Waals surface area (Å²) in [5, 5.41) is 6.14. The third kappa shape index (κ3) is 4.73. The van der Waals surface area contributed by atoms with Gasteiger partial charge in [-0.15, -0.1) is 24.8 Å². The Balaban J connectivity index is 0.00000132. The molecule has 1 aromatic carbocycles. The molecule has 8 heteroatoms. The topological polar surface area (TPSA) is 66.9 Å². The summed E-state index contributed by atoms with van der Waals surface area (Å²) >= 11 is 0. The van der Waals surface area contributed by atoms with E-state index >= 15 is 0 Å². The molecule has 1 aliphatic heterocycles. The van der Waals surface area contributed by atoms with Gasteiger partial charge in [-0.2, -0.15) is 0 Å². The van der Waals surface area contributed by atoms with Crippen molar-refractivity contribution >= 4 is 41.8 Å². The first kappa shape index (κ1) is 19.5. The molecule has 1 atom stereocenters. The van der Waals surface area contributed by atoms with E-state index in [9.17, 15) is 9.18 Å². The maximum absolute atomic E-state index is 13.6. The lowest BCUT2D eigenvalue weighted by atomic mass is 10.1. The highest BCUT2D eigenvalue weighted by Crippen LogP contribution is 2.17. The van der Waals surface area contributed by atoms with Gasteiger partial charge in [-0.1, -0.05) is 0 Å². The van der Waals surface area contributed by atoms with Gasteiger partial charge in [-0.25, -0.2) is 4.39 Å². The van der Waals surface area contributed by atoms with E-state index in [1.165, 1.54) is 24.5 Å². The van der Waals surface area contributed by atoms with Crippen LogP contribution in [0.4, 0.5) is 4.39 Å².